The molecule has 1 aromatic rings. The van der Waals surface area contributed by atoms with E-state index in [0.29, 0.717) is 5.56 Å². The third-order valence-electron chi connectivity index (χ3n) is 2.30. The number of nitrogens with two attached hydrogens (primary N) is 2. The van der Waals surface area contributed by atoms with Crippen molar-refractivity contribution in [3.63, 3.8) is 0 Å². The highest BCUT2D eigenvalue weighted by molar-refractivity contribution is 7.48. The predicted molar refractivity (Wildman–Crippen MR) is 71.4 cm³/mol. The average Bonchev–Trinajstić information content (AvgIpc) is 2.39. The summed E-state index contributed by atoms with van der Waals surface area (Å²) in [5, 5.41) is 8.68. The van der Waals surface area contributed by atoms with Crippen LogP contribution < -0.4 is 16.0 Å². The number of aliphatic carboxylic acids is 1. The SMILES string of the molecule is NCC(=O)OP(=O)(O)Oc1ccc(C[C@H](N)C(=O)O)cc1. The zero-order valence-corrected chi connectivity index (χ0v) is 11.7. The Labute approximate surface area is 120 Å². The minimum Gasteiger partial charge on any atom is -0.480 e. The van der Waals surface area contributed by atoms with Crippen molar-refractivity contribution in [3.8, 4) is 5.75 Å². The molecule has 1 aromatic carbocycles. The van der Waals surface area contributed by atoms with E-state index in [1.54, 1.807) is 0 Å². The molecule has 116 valence electrons. The quantitative estimate of drug-likeness (QED) is 0.491. The molecular weight excluding hydrogens is 303 g/mol. The number of phosphoric ester groups is 1. The van der Waals surface area contributed by atoms with E-state index in [2.05, 4.69) is 9.05 Å². The third kappa shape index (κ3) is 5.92. The molecule has 0 aliphatic heterocycles. The Morgan fingerprint density at radius 1 is 1.29 bits per heavy atom. The van der Waals surface area contributed by atoms with Gasteiger partial charge in [0.05, 0.1) is 6.54 Å². The lowest BCUT2D eigenvalue weighted by Gasteiger charge is -2.12. The fourth-order valence-corrected chi connectivity index (χ4v) is 2.10. The number of phosphoric acid groups is 1. The van der Waals surface area contributed by atoms with Crippen LogP contribution in [0.3, 0.4) is 0 Å². The van der Waals surface area contributed by atoms with Crippen LogP contribution in [0.25, 0.3) is 0 Å². The molecule has 0 fully saturated rings. The Balaban J connectivity index is 2.68. The first-order chi connectivity index (χ1) is 9.73. The second kappa shape index (κ2) is 7.19. The van der Waals surface area contributed by atoms with Crippen LogP contribution in [-0.2, 0) is 25.1 Å². The largest absolute Gasteiger partial charge is 0.587 e. The fraction of sp³-hybridized carbons (Fsp3) is 0.273. The van der Waals surface area contributed by atoms with Crippen molar-refractivity contribution < 1.29 is 33.2 Å². The molecule has 21 heavy (non-hydrogen) atoms. The highest BCUT2D eigenvalue weighted by Gasteiger charge is 2.27. The number of rotatable bonds is 7. The molecule has 0 radical (unpaired) electrons. The number of carbonyl (C=O) groups is 2. The van der Waals surface area contributed by atoms with Gasteiger partial charge in [-0.1, -0.05) is 12.1 Å². The van der Waals surface area contributed by atoms with Gasteiger partial charge >= 0.3 is 19.8 Å². The topological polar surface area (TPSA) is 162 Å². The molecule has 0 amide bonds. The maximum Gasteiger partial charge on any atom is 0.587 e. The highest BCUT2D eigenvalue weighted by atomic mass is 31.2. The van der Waals surface area contributed by atoms with Crippen molar-refractivity contribution in [1.29, 1.82) is 0 Å². The van der Waals surface area contributed by atoms with Crippen molar-refractivity contribution in [2.45, 2.75) is 12.5 Å². The van der Waals surface area contributed by atoms with Gasteiger partial charge < -0.3 is 25.6 Å². The lowest BCUT2D eigenvalue weighted by molar-refractivity contribution is -0.138. The molecule has 0 aliphatic rings. The molecule has 1 rings (SSSR count). The molecule has 0 spiro atoms. The minimum atomic E-state index is -4.59. The third-order valence-corrected chi connectivity index (χ3v) is 3.18. The summed E-state index contributed by atoms with van der Waals surface area (Å²) >= 11 is 0. The van der Waals surface area contributed by atoms with Crippen molar-refractivity contribution in [2.75, 3.05) is 6.54 Å². The van der Waals surface area contributed by atoms with Crippen molar-refractivity contribution in [2.24, 2.45) is 11.5 Å². The number of benzene rings is 1. The highest BCUT2D eigenvalue weighted by Crippen LogP contribution is 2.43. The number of carboxylic acid groups (broad SMARTS) is 1. The Morgan fingerprint density at radius 3 is 2.33 bits per heavy atom. The predicted octanol–water partition coefficient (Wildman–Crippen LogP) is -0.378. The second-order valence-electron chi connectivity index (χ2n) is 4.02. The Bertz CT molecular complexity index is 560. The standard InChI is InChI=1S/C11H15N2O7P/c12-6-10(14)20-21(17,18)19-8-3-1-7(2-4-8)5-9(13)11(15)16/h1-4,9H,5-6,12-13H2,(H,15,16)(H,17,18)/t9-/m0/s1. The molecule has 0 saturated heterocycles. The normalized spacial score (nSPS) is 14.8. The molecule has 0 heterocycles. The number of hydrogen-bond donors (Lipinski definition) is 4. The molecule has 10 heteroatoms. The molecular formula is C11H15N2O7P. The Hall–Kier alpha value is -1.93. The first kappa shape index (κ1) is 17.1. The van der Waals surface area contributed by atoms with Crippen molar-refractivity contribution >= 4 is 19.8 Å². The van der Waals surface area contributed by atoms with E-state index in [9.17, 15) is 19.0 Å². The lowest BCUT2D eigenvalue weighted by Crippen LogP contribution is -2.32. The number of carboxylic acids is 1. The van der Waals surface area contributed by atoms with E-state index in [0.717, 1.165) is 0 Å². The second-order valence-corrected chi connectivity index (χ2v) is 5.32. The van der Waals surface area contributed by atoms with Crippen LogP contribution in [0.15, 0.2) is 24.3 Å². The first-order valence-electron chi connectivity index (χ1n) is 5.75. The summed E-state index contributed by atoms with van der Waals surface area (Å²) in [7, 11) is -4.59. The Kier molecular flexibility index (Phi) is 5.86. The minimum absolute atomic E-state index is 0.0294. The molecule has 9 nitrogen and oxygen atoms in total. The van der Waals surface area contributed by atoms with Gasteiger partial charge in [-0.05, 0) is 24.1 Å². The van der Waals surface area contributed by atoms with Crippen molar-refractivity contribution in [3.05, 3.63) is 29.8 Å². The van der Waals surface area contributed by atoms with Crippen LogP contribution >= 0.6 is 7.82 Å². The van der Waals surface area contributed by atoms with Crippen LogP contribution in [0.4, 0.5) is 0 Å². The van der Waals surface area contributed by atoms with E-state index in [1.165, 1.54) is 24.3 Å². The van der Waals surface area contributed by atoms with Gasteiger partial charge in [-0.3, -0.25) is 14.5 Å². The van der Waals surface area contributed by atoms with Gasteiger partial charge in [-0.15, -0.1) is 0 Å². The van der Waals surface area contributed by atoms with Crippen LogP contribution in [0.1, 0.15) is 5.56 Å². The molecule has 1 unspecified atom stereocenters. The van der Waals surface area contributed by atoms with Gasteiger partial charge in [0.2, 0.25) is 0 Å². The zero-order valence-electron chi connectivity index (χ0n) is 10.8. The van der Waals surface area contributed by atoms with Crippen LogP contribution in [0.2, 0.25) is 0 Å². The lowest BCUT2D eigenvalue weighted by atomic mass is 10.1. The maximum atomic E-state index is 11.4. The molecule has 0 aliphatic carbocycles. The maximum absolute atomic E-state index is 11.4. The average molecular weight is 318 g/mol. The van der Waals surface area contributed by atoms with Gasteiger partial charge in [0.25, 0.3) is 0 Å². The summed E-state index contributed by atoms with van der Waals surface area (Å²) < 4.78 is 20.2. The van der Waals surface area contributed by atoms with E-state index in [-0.39, 0.29) is 12.2 Å². The van der Waals surface area contributed by atoms with Crippen molar-refractivity contribution in [1.82, 2.24) is 0 Å². The smallest absolute Gasteiger partial charge is 0.480 e. The fourth-order valence-electron chi connectivity index (χ4n) is 1.35. The van der Waals surface area contributed by atoms with Gasteiger partial charge in [-0.2, -0.15) is 0 Å². The van der Waals surface area contributed by atoms with E-state index in [1.807, 2.05) is 0 Å². The van der Waals surface area contributed by atoms with E-state index >= 15 is 0 Å². The molecule has 0 saturated carbocycles. The van der Waals surface area contributed by atoms with Gasteiger partial charge in [0.1, 0.15) is 11.8 Å². The number of hydrogen-bond acceptors (Lipinski definition) is 7. The first-order valence-corrected chi connectivity index (χ1v) is 7.25. The van der Waals surface area contributed by atoms with E-state index < -0.39 is 32.3 Å². The molecule has 0 aromatic heterocycles. The summed E-state index contributed by atoms with van der Waals surface area (Å²) in [6.45, 7) is -0.556. The molecule has 2 atom stereocenters. The summed E-state index contributed by atoms with van der Waals surface area (Å²) in [4.78, 5) is 30.7. The zero-order chi connectivity index (χ0) is 16.0. The van der Waals surface area contributed by atoms with Gasteiger partial charge in [-0.25, -0.2) is 4.57 Å². The summed E-state index contributed by atoms with van der Waals surface area (Å²) in [5.74, 6) is -2.24. The number of carbonyl (C=O) groups excluding carboxylic acids is 1. The molecule has 6 N–H and O–H groups in total. The Morgan fingerprint density at radius 2 is 1.86 bits per heavy atom. The molecule has 0 bridgehead atoms. The van der Waals surface area contributed by atoms with Crippen LogP contribution in [-0.4, -0.2) is 34.5 Å². The summed E-state index contributed by atoms with van der Waals surface area (Å²) in [6.07, 6.45) is 0.0918. The van der Waals surface area contributed by atoms with Crippen LogP contribution in [0, 0.1) is 0 Å². The monoisotopic (exact) mass is 318 g/mol. The van der Waals surface area contributed by atoms with Gasteiger partial charge in [0, 0.05) is 0 Å². The van der Waals surface area contributed by atoms with E-state index in [4.69, 9.17) is 16.6 Å². The summed E-state index contributed by atoms with van der Waals surface area (Å²) in [6, 6.07) is 4.55. The van der Waals surface area contributed by atoms with Gasteiger partial charge in [0.15, 0.2) is 0 Å². The summed E-state index contributed by atoms with van der Waals surface area (Å²) in [5.41, 5.74) is 10.9. The van der Waals surface area contributed by atoms with Crippen LogP contribution in [0.5, 0.6) is 5.75 Å².